The Morgan fingerprint density at radius 3 is 2.02 bits per heavy atom. The van der Waals surface area contributed by atoms with Crippen LogP contribution in [0, 0.1) is 5.92 Å². The average Bonchev–Trinajstić information content (AvgIpc) is 2.96. The molecule has 248 valence electrons. The first kappa shape index (κ1) is 36.7. The van der Waals surface area contributed by atoms with Crippen LogP contribution in [-0.4, -0.2) is 67.7 Å². The van der Waals surface area contributed by atoms with Crippen molar-refractivity contribution in [2.24, 2.45) is 5.92 Å². The van der Waals surface area contributed by atoms with Gasteiger partial charge in [-0.2, -0.15) is 8.42 Å². The Kier molecular flexibility index (Phi) is 13.9. The SMILES string of the molecule is COc1ccc(CO[C@H](COCc2ccccc2)[C@H]2C[C@H](OS(C)(=O)=O)[C@@H](C)[C@H](CO[Si](C(C)C)(C(C)C)C(C)C)O2)cc1. The first-order chi connectivity index (χ1) is 20.8. The molecule has 1 aliphatic heterocycles. The van der Waals surface area contributed by atoms with Crippen molar-refractivity contribution < 1.29 is 36.0 Å². The molecule has 1 heterocycles. The van der Waals surface area contributed by atoms with Gasteiger partial charge in [-0.25, -0.2) is 0 Å². The Morgan fingerprint density at radius 1 is 0.886 bits per heavy atom. The lowest BCUT2D eigenvalue weighted by molar-refractivity contribution is -0.191. The van der Waals surface area contributed by atoms with Crippen LogP contribution >= 0.6 is 0 Å². The molecule has 1 saturated heterocycles. The number of hydrogen-bond donors (Lipinski definition) is 0. The zero-order valence-electron chi connectivity index (χ0n) is 28.0. The second-order valence-corrected chi connectivity index (χ2v) is 20.0. The molecule has 0 amide bonds. The Bertz CT molecular complexity index is 1200. The summed E-state index contributed by atoms with van der Waals surface area (Å²) in [6, 6.07) is 17.7. The van der Waals surface area contributed by atoms with Crippen molar-refractivity contribution in [3.05, 3.63) is 65.7 Å². The van der Waals surface area contributed by atoms with Crippen molar-refractivity contribution >= 4 is 18.4 Å². The molecule has 0 unspecified atom stereocenters. The predicted octanol–water partition coefficient (Wildman–Crippen LogP) is 7.13. The maximum absolute atomic E-state index is 12.4. The maximum atomic E-state index is 12.4. The van der Waals surface area contributed by atoms with Gasteiger partial charge in [-0.3, -0.25) is 4.18 Å². The van der Waals surface area contributed by atoms with E-state index in [9.17, 15) is 8.42 Å². The molecule has 0 radical (unpaired) electrons. The van der Waals surface area contributed by atoms with Gasteiger partial charge in [0.05, 0.1) is 58.1 Å². The second kappa shape index (κ2) is 16.7. The van der Waals surface area contributed by atoms with E-state index in [2.05, 4.69) is 41.5 Å². The third kappa shape index (κ3) is 10.1. The third-order valence-corrected chi connectivity index (χ3v) is 15.6. The molecule has 0 N–H and O–H groups in total. The summed E-state index contributed by atoms with van der Waals surface area (Å²) in [5.41, 5.74) is 3.27. The van der Waals surface area contributed by atoms with Crippen LogP contribution in [0.3, 0.4) is 0 Å². The zero-order valence-corrected chi connectivity index (χ0v) is 29.8. The Balaban J connectivity index is 1.86. The molecule has 2 aromatic carbocycles. The van der Waals surface area contributed by atoms with Crippen LogP contribution < -0.4 is 4.74 Å². The number of benzene rings is 2. The molecule has 44 heavy (non-hydrogen) atoms. The van der Waals surface area contributed by atoms with Crippen molar-refractivity contribution in [1.29, 1.82) is 0 Å². The Morgan fingerprint density at radius 2 is 1.48 bits per heavy atom. The molecule has 0 bridgehead atoms. The van der Waals surface area contributed by atoms with Crippen molar-refractivity contribution in [3.8, 4) is 5.75 Å². The molecule has 0 spiro atoms. The molecular weight excluding hydrogens is 597 g/mol. The second-order valence-electron chi connectivity index (χ2n) is 13.0. The van der Waals surface area contributed by atoms with Crippen LogP contribution in [0.2, 0.25) is 16.6 Å². The molecule has 1 aliphatic rings. The molecule has 10 heteroatoms. The number of hydrogen-bond acceptors (Lipinski definition) is 8. The Labute approximate surface area is 267 Å². The van der Waals surface area contributed by atoms with Gasteiger partial charge < -0.3 is 23.4 Å². The molecular formula is C34H54O8SSi. The molecule has 8 nitrogen and oxygen atoms in total. The molecule has 3 rings (SSSR count). The highest BCUT2D eigenvalue weighted by Crippen LogP contribution is 2.43. The summed E-state index contributed by atoms with van der Waals surface area (Å²) < 4.78 is 62.0. The highest BCUT2D eigenvalue weighted by atomic mass is 32.2. The van der Waals surface area contributed by atoms with Gasteiger partial charge in [0.2, 0.25) is 0 Å². The lowest BCUT2D eigenvalue weighted by atomic mass is 9.89. The predicted molar refractivity (Wildman–Crippen MR) is 177 cm³/mol. The third-order valence-electron chi connectivity index (χ3n) is 8.92. The molecule has 0 aromatic heterocycles. The summed E-state index contributed by atoms with van der Waals surface area (Å²) in [4.78, 5) is 0. The lowest BCUT2D eigenvalue weighted by Gasteiger charge is -2.46. The van der Waals surface area contributed by atoms with Crippen molar-refractivity contribution in [3.63, 3.8) is 0 Å². The topological polar surface area (TPSA) is 89.5 Å². The maximum Gasteiger partial charge on any atom is 0.264 e. The van der Waals surface area contributed by atoms with Gasteiger partial charge in [0.15, 0.2) is 8.32 Å². The van der Waals surface area contributed by atoms with Crippen molar-refractivity contribution in [2.75, 3.05) is 26.6 Å². The molecule has 1 fully saturated rings. The van der Waals surface area contributed by atoms with Gasteiger partial charge in [0, 0.05) is 12.3 Å². The van der Waals surface area contributed by atoms with Gasteiger partial charge in [-0.1, -0.05) is 90.9 Å². The fourth-order valence-electron chi connectivity index (χ4n) is 6.65. The van der Waals surface area contributed by atoms with Crippen LogP contribution in [-0.2, 0) is 46.2 Å². The van der Waals surface area contributed by atoms with E-state index < -0.39 is 36.7 Å². The van der Waals surface area contributed by atoms with E-state index in [1.165, 1.54) is 0 Å². The average molecular weight is 651 g/mol. The first-order valence-electron chi connectivity index (χ1n) is 15.8. The number of methoxy groups -OCH3 is 1. The van der Waals surface area contributed by atoms with E-state index in [-0.39, 0.29) is 18.6 Å². The van der Waals surface area contributed by atoms with Crippen LogP contribution in [0.1, 0.15) is 66.0 Å². The molecule has 0 saturated carbocycles. The monoisotopic (exact) mass is 650 g/mol. The summed E-state index contributed by atoms with van der Waals surface area (Å²) in [6.07, 6.45) is -0.424. The standard InChI is InChI=1S/C34H54O8SSi/c1-24(2)44(25(3)4,26(5)6)40-23-33-27(7)31(42-43(9,35)36)19-32(41-33)34(22-38-20-28-13-11-10-12-14-28)39-21-29-15-17-30(37-8)18-16-29/h10-18,24-27,31-34H,19-23H2,1-9H3/t27-,31+,32-,33+,34-/m1/s1. The van der Waals surface area contributed by atoms with Crippen LogP contribution in [0.15, 0.2) is 54.6 Å². The van der Waals surface area contributed by atoms with Crippen LogP contribution in [0.4, 0.5) is 0 Å². The Hall–Kier alpha value is -1.79. The van der Waals surface area contributed by atoms with Gasteiger partial charge >= 0.3 is 0 Å². The van der Waals surface area contributed by atoms with Gasteiger partial charge in [0.1, 0.15) is 11.9 Å². The summed E-state index contributed by atoms with van der Waals surface area (Å²) >= 11 is 0. The summed E-state index contributed by atoms with van der Waals surface area (Å²) in [6.45, 7) is 16.9. The fraction of sp³-hybridized carbons (Fsp3) is 0.647. The largest absolute Gasteiger partial charge is 0.497 e. The van der Waals surface area contributed by atoms with Gasteiger partial charge in [-0.05, 0) is 39.9 Å². The van der Waals surface area contributed by atoms with Crippen molar-refractivity contribution in [1.82, 2.24) is 0 Å². The number of ether oxygens (including phenoxy) is 4. The highest BCUT2D eigenvalue weighted by molar-refractivity contribution is 7.86. The molecule has 0 aliphatic carbocycles. The van der Waals surface area contributed by atoms with Crippen molar-refractivity contribution in [2.45, 2.75) is 109 Å². The van der Waals surface area contributed by atoms with E-state index in [1.54, 1.807) is 7.11 Å². The minimum Gasteiger partial charge on any atom is -0.497 e. The van der Waals surface area contributed by atoms with E-state index in [1.807, 2.05) is 61.5 Å². The van der Waals surface area contributed by atoms with E-state index in [4.69, 9.17) is 27.6 Å². The summed E-state index contributed by atoms with van der Waals surface area (Å²) in [5.74, 6) is 0.570. The number of rotatable bonds is 17. The van der Waals surface area contributed by atoms with Crippen LogP contribution in [0.25, 0.3) is 0 Å². The quantitative estimate of drug-likeness (QED) is 0.132. The van der Waals surface area contributed by atoms with E-state index in [0.29, 0.717) is 42.9 Å². The minimum atomic E-state index is -3.70. The van der Waals surface area contributed by atoms with Gasteiger partial charge in [0.25, 0.3) is 10.1 Å². The zero-order chi connectivity index (χ0) is 32.5. The van der Waals surface area contributed by atoms with Gasteiger partial charge in [-0.15, -0.1) is 0 Å². The summed E-state index contributed by atoms with van der Waals surface area (Å²) in [5, 5.41) is 0. The lowest BCUT2D eigenvalue weighted by Crippen LogP contribution is -2.54. The first-order valence-corrected chi connectivity index (χ1v) is 19.8. The molecule has 2 aromatic rings. The normalized spacial score (nSPS) is 22.1. The smallest absolute Gasteiger partial charge is 0.264 e. The van der Waals surface area contributed by atoms with E-state index >= 15 is 0 Å². The minimum absolute atomic E-state index is 0.202. The highest BCUT2D eigenvalue weighted by Gasteiger charge is 2.48. The summed E-state index contributed by atoms with van der Waals surface area (Å²) in [7, 11) is -4.25. The molecule has 5 atom stereocenters. The van der Waals surface area contributed by atoms with E-state index in [0.717, 1.165) is 23.1 Å². The van der Waals surface area contributed by atoms with Crippen LogP contribution in [0.5, 0.6) is 5.75 Å². The fourth-order valence-corrected chi connectivity index (χ4v) is 12.8.